The Morgan fingerprint density at radius 3 is 1.30 bits per heavy atom. The van der Waals surface area contributed by atoms with Gasteiger partial charge in [-0.25, -0.2) is 4.98 Å². The van der Waals surface area contributed by atoms with Gasteiger partial charge in [-0.05, 0) is 51.6 Å². The minimum absolute atomic E-state index is 0.903. The minimum Gasteiger partial charge on any atom is -0.455 e. The lowest BCUT2D eigenvalue weighted by molar-refractivity contribution is 0.669. The first-order valence-corrected chi connectivity index (χ1v) is 23.8. The fourth-order valence-corrected chi connectivity index (χ4v) is 12.3. The molecule has 3 nitrogen and oxygen atoms in total. The van der Waals surface area contributed by atoms with Gasteiger partial charge in [-0.2, -0.15) is 0 Å². The Morgan fingerprint density at radius 1 is 0.288 bits per heavy atom. The number of benzene rings is 10. The Balaban J connectivity index is 0.873. The molecule has 0 aliphatic carbocycles. The monoisotopic (exact) mass is 877 g/mol. The van der Waals surface area contributed by atoms with E-state index in [0.717, 1.165) is 109 Å². The zero-order valence-corrected chi connectivity index (χ0v) is 36.9. The largest absolute Gasteiger partial charge is 0.455 e. The number of aromatic nitrogens is 1. The van der Waals surface area contributed by atoms with Crippen LogP contribution >= 0.6 is 22.7 Å². The first-order chi connectivity index (χ1) is 32.7. The fraction of sp³-hybridized carbons (Fsp3) is 0. The molecule has 0 spiro atoms. The van der Waals surface area contributed by atoms with Crippen molar-refractivity contribution < 1.29 is 8.83 Å². The highest BCUT2D eigenvalue weighted by atomic mass is 32.1. The molecule has 0 atom stereocenters. The zero-order valence-electron chi connectivity index (χ0n) is 35.3. The molecule has 0 N–H and O–H groups in total. The van der Waals surface area contributed by atoms with Crippen LogP contribution in [0.5, 0.6) is 0 Å². The number of rotatable bonds is 6. The third kappa shape index (κ3) is 5.84. The molecule has 308 valence electrons. The molecule has 0 saturated heterocycles. The molecule has 66 heavy (non-hydrogen) atoms. The molecule has 0 fully saturated rings. The van der Waals surface area contributed by atoms with Crippen LogP contribution in [0.1, 0.15) is 0 Å². The van der Waals surface area contributed by atoms with E-state index in [1.165, 1.54) is 31.3 Å². The number of hydrogen-bond donors (Lipinski definition) is 0. The first-order valence-electron chi connectivity index (χ1n) is 22.2. The highest BCUT2D eigenvalue weighted by molar-refractivity contribution is 7.26. The summed E-state index contributed by atoms with van der Waals surface area (Å²) in [4.78, 5) is 5.49. The molecule has 5 heteroatoms. The summed E-state index contributed by atoms with van der Waals surface area (Å²) in [5.41, 5.74) is 17.1. The van der Waals surface area contributed by atoms with Gasteiger partial charge in [0.05, 0.1) is 10.2 Å². The number of furan rings is 2. The lowest BCUT2D eigenvalue weighted by Gasteiger charge is -2.10. The molecule has 0 saturated carbocycles. The fourth-order valence-electron chi connectivity index (χ4n) is 9.96. The van der Waals surface area contributed by atoms with E-state index in [2.05, 4.69) is 188 Å². The molecule has 14 aromatic rings. The van der Waals surface area contributed by atoms with E-state index in [-0.39, 0.29) is 0 Å². The van der Waals surface area contributed by atoms with E-state index in [1.807, 2.05) is 35.6 Å². The SMILES string of the molecule is c1ccc2c(c1)oc1c(-c3ccc(-c4ccc(-c5ccc(-c6cccc7c6oc6ccccc67)cc5)c5sc(-c6ccc(-c7cccc8c7sc7ccccc78)cc6)nc45)cc3)cccc12. The number of thiophene rings is 1. The molecule has 0 unspecified atom stereocenters. The van der Waals surface area contributed by atoms with Gasteiger partial charge in [0.25, 0.3) is 0 Å². The standard InChI is InChI=1S/C61H35NO2S2/c1-4-19-53-47(10-1)50-16-7-13-43(57(50)63-53)37-24-22-36(23-25-37)42-34-35-46(40-28-26-38(27-29-40)44-14-8-17-51-48-11-2-5-20-54(48)64-58(44)51)60-56(42)62-61(66-60)41-32-30-39(31-33-41)45-15-9-18-52-49-12-3-6-21-55(49)65-59(45)52/h1-35H. The predicted octanol–water partition coefficient (Wildman–Crippen LogP) is 18.5. The smallest absolute Gasteiger partial charge is 0.143 e. The van der Waals surface area contributed by atoms with E-state index < -0.39 is 0 Å². The van der Waals surface area contributed by atoms with Gasteiger partial charge in [0, 0.05) is 69.5 Å². The Bertz CT molecular complexity index is 4010. The van der Waals surface area contributed by atoms with Crippen LogP contribution in [0.15, 0.2) is 221 Å². The highest BCUT2D eigenvalue weighted by Gasteiger charge is 2.19. The second-order valence-corrected chi connectivity index (χ2v) is 19.0. The maximum absolute atomic E-state index is 6.43. The van der Waals surface area contributed by atoms with E-state index in [4.69, 9.17) is 13.8 Å². The number of para-hydroxylation sites is 4. The minimum atomic E-state index is 0.903. The second kappa shape index (κ2) is 14.7. The normalized spacial score (nSPS) is 11.9. The van der Waals surface area contributed by atoms with Crippen molar-refractivity contribution in [1.29, 1.82) is 0 Å². The predicted molar refractivity (Wildman–Crippen MR) is 280 cm³/mol. The van der Waals surface area contributed by atoms with Gasteiger partial charge in [-0.15, -0.1) is 22.7 Å². The van der Waals surface area contributed by atoms with Gasteiger partial charge in [-0.3, -0.25) is 0 Å². The van der Waals surface area contributed by atoms with Gasteiger partial charge in [-0.1, -0.05) is 194 Å². The molecule has 0 radical (unpaired) electrons. The van der Waals surface area contributed by atoms with Crippen molar-refractivity contribution in [3.05, 3.63) is 212 Å². The number of thiazole rings is 1. The van der Waals surface area contributed by atoms with Crippen LogP contribution < -0.4 is 0 Å². The van der Waals surface area contributed by atoms with Crippen LogP contribution in [0.25, 0.3) is 140 Å². The molecule has 0 bridgehead atoms. The van der Waals surface area contributed by atoms with Crippen LogP contribution in [-0.2, 0) is 0 Å². The number of fused-ring (bicyclic) bond motifs is 10. The lowest BCUT2D eigenvalue weighted by Crippen LogP contribution is -1.86. The molecule has 14 rings (SSSR count). The highest BCUT2D eigenvalue weighted by Crippen LogP contribution is 2.45. The summed E-state index contributed by atoms with van der Waals surface area (Å²) in [6, 6.07) is 76.0. The summed E-state index contributed by atoms with van der Waals surface area (Å²) in [5, 5.41) is 8.14. The van der Waals surface area contributed by atoms with Gasteiger partial charge in [0.2, 0.25) is 0 Å². The van der Waals surface area contributed by atoms with E-state index in [1.54, 1.807) is 11.3 Å². The molecule has 0 aliphatic rings. The molecule has 4 aromatic heterocycles. The van der Waals surface area contributed by atoms with Gasteiger partial charge in [0.15, 0.2) is 0 Å². The molecule has 10 aromatic carbocycles. The van der Waals surface area contributed by atoms with Crippen molar-refractivity contribution in [3.8, 4) is 66.2 Å². The Morgan fingerprint density at radius 2 is 0.712 bits per heavy atom. The van der Waals surface area contributed by atoms with Gasteiger partial charge >= 0.3 is 0 Å². The van der Waals surface area contributed by atoms with Crippen LogP contribution in [0.3, 0.4) is 0 Å². The van der Waals surface area contributed by atoms with E-state index >= 15 is 0 Å². The molecule has 0 amide bonds. The summed E-state index contributed by atoms with van der Waals surface area (Å²) >= 11 is 3.63. The third-order valence-electron chi connectivity index (χ3n) is 13.2. The summed E-state index contributed by atoms with van der Waals surface area (Å²) < 4.78 is 16.6. The molecular formula is C61H35NO2S2. The number of hydrogen-bond acceptors (Lipinski definition) is 5. The van der Waals surface area contributed by atoms with Gasteiger partial charge < -0.3 is 8.83 Å². The summed E-state index contributed by atoms with van der Waals surface area (Å²) in [6.45, 7) is 0. The van der Waals surface area contributed by atoms with Crippen LogP contribution in [0, 0.1) is 0 Å². The topological polar surface area (TPSA) is 39.2 Å². The molecule has 4 heterocycles. The number of nitrogens with zero attached hydrogens (tertiary/aromatic N) is 1. The zero-order chi connectivity index (χ0) is 43.3. The third-order valence-corrected chi connectivity index (χ3v) is 15.6. The van der Waals surface area contributed by atoms with Crippen molar-refractivity contribution in [1.82, 2.24) is 4.98 Å². The van der Waals surface area contributed by atoms with Crippen molar-refractivity contribution >= 4 is 96.9 Å². The average Bonchev–Trinajstić information content (AvgIpc) is 4.18. The second-order valence-electron chi connectivity index (χ2n) is 16.9. The average molecular weight is 878 g/mol. The maximum atomic E-state index is 6.43. The van der Waals surface area contributed by atoms with Crippen molar-refractivity contribution in [2.45, 2.75) is 0 Å². The van der Waals surface area contributed by atoms with E-state index in [9.17, 15) is 0 Å². The Hall–Kier alpha value is -8.09. The van der Waals surface area contributed by atoms with Crippen molar-refractivity contribution in [2.24, 2.45) is 0 Å². The van der Waals surface area contributed by atoms with E-state index in [0.29, 0.717) is 0 Å². The summed E-state index contributed by atoms with van der Waals surface area (Å²) in [7, 11) is 0. The van der Waals surface area contributed by atoms with Crippen molar-refractivity contribution in [2.75, 3.05) is 0 Å². The van der Waals surface area contributed by atoms with Gasteiger partial charge in [0.1, 0.15) is 27.3 Å². The Labute approximate surface area is 387 Å². The first kappa shape index (κ1) is 37.3. The van der Waals surface area contributed by atoms with Crippen LogP contribution in [0.4, 0.5) is 0 Å². The van der Waals surface area contributed by atoms with Crippen molar-refractivity contribution in [3.63, 3.8) is 0 Å². The summed E-state index contributed by atoms with van der Waals surface area (Å²) in [6.07, 6.45) is 0. The maximum Gasteiger partial charge on any atom is 0.143 e. The molecule has 0 aliphatic heterocycles. The van der Waals surface area contributed by atoms with Crippen LogP contribution in [0.2, 0.25) is 0 Å². The lowest BCUT2D eigenvalue weighted by atomic mass is 9.95. The quantitative estimate of drug-likeness (QED) is 0.167. The Kier molecular flexibility index (Phi) is 8.32. The van der Waals surface area contributed by atoms with Crippen LogP contribution in [-0.4, -0.2) is 4.98 Å². The molecular weight excluding hydrogens is 843 g/mol. The summed E-state index contributed by atoms with van der Waals surface area (Å²) in [5.74, 6) is 0.